The summed E-state index contributed by atoms with van der Waals surface area (Å²) >= 11 is 0. The Morgan fingerprint density at radius 1 is 0.818 bits per heavy atom. The molecule has 0 saturated carbocycles. The van der Waals surface area contributed by atoms with Crippen molar-refractivity contribution in [3.63, 3.8) is 0 Å². The molecule has 0 bridgehead atoms. The van der Waals surface area contributed by atoms with E-state index in [9.17, 15) is 19.2 Å². The van der Waals surface area contributed by atoms with E-state index in [1.807, 2.05) is 6.92 Å². The lowest BCUT2D eigenvalue weighted by atomic mass is 10.3. The fourth-order valence-corrected chi connectivity index (χ4v) is 2.13. The van der Waals surface area contributed by atoms with Crippen molar-refractivity contribution in [2.45, 2.75) is 13.1 Å². The van der Waals surface area contributed by atoms with Crippen LogP contribution in [0.4, 0.5) is 0 Å². The molecule has 8 nitrogen and oxygen atoms in total. The Balaban J connectivity index is 2.08. The second-order valence-corrected chi connectivity index (χ2v) is 4.51. The number of carbonyl (C=O) groups excluding carboxylic acids is 4. The summed E-state index contributed by atoms with van der Waals surface area (Å²) in [5.41, 5.74) is 0. The molecule has 0 aromatic heterocycles. The highest BCUT2D eigenvalue weighted by Crippen LogP contribution is 2.17. The number of rotatable bonds is 8. The summed E-state index contributed by atoms with van der Waals surface area (Å²) < 4.78 is 10.4. The Labute approximate surface area is 126 Å². The van der Waals surface area contributed by atoms with E-state index in [1.54, 1.807) is 0 Å². The molecule has 0 unspecified atom stereocenters. The highest BCUT2D eigenvalue weighted by Gasteiger charge is 2.41. The van der Waals surface area contributed by atoms with Gasteiger partial charge in [-0.3, -0.25) is 29.0 Å². The molecule has 0 aliphatic carbocycles. The lowest BCUT2D eigenvalue weighted by molar-refractivity contribution is -0.155. The third kappa shape index (κ3) is 3.29. The van der Waals surface area contributed by atoms with Crippen molar-refractivity contribution >= 4 is 23.6 Å². The van der Waals surface area contributed by atoms with Gasteiger partial charge < -0.3 is 9.47 Å². The zero-order valence-electron chi connectivity index (χ0n) is 12.1. The van der Waals surface area contributed by atoms with Crippen molar-refractivity contribution in [3.05, 3.63) is 24.3 Å². The average molecular weight is 308 g/mol. The maximum Gasteiger partial charge on any atom is 0.255 e. The predicted molar refractivity (Wildman–Crippen MR) is 73.1 cm³/mol. The number of carbonyl (C=O) groups is 4. The number of ether oxygens (including phenoxy) is 2. The zero-order valence-corrected chi connectivity index (χ0v) is 12.1. The first-order chi connectivity index (χ1) is 10.6. The molecule has 22 heavy (non-hydrogen) atoms. The molecule has 8 heteroatoms. The van der Waals surface area contributed by atoms with Crippen LogP contribution in [0, 0.1) is 0 Å². The van der Waals surface area contributed by atoms with Crippen molar-refractivity contribution in [2.75, 3.05) is 26.4 Å². The summed E-state index contributed by atoms with van der Waals surface area (Å²) in [6.07, 6.45) is 3.26. The summed E-state index contributed by atoms with van der Waals surface area (Å²) in [4.78, 5) is 48.9. The van der Waals surface area contributed by atoms with E-state index in [-0.39, 0.29) is 13.2 Å². The molecule has 0 aromatic rings. The Morgan fingerprint density at radius 2 is 1.23 bits per heavy atom. The van der Waals surface area contributed by atoms with Crippen LogP contribution >= 0.6 is 0 Å². The van der Waals surface area contributed by atoms with Crippen molar-refractivity contribution in [1.82, 2.24) is 9.80 Å². The van der Waals surface area contributed by atoms with Gasteiger partial charge in [0.15, 0.2) is 0 Å². The minimum Gasteiger partial charge on any atom is -0.379 e. The molecule has 2 rings (SSSR count). The monoisotopic (exact) mass is 308 g/mol. The van der Waals surface area contributed by atoms with Crippen LogP contribution in [0.3, 0.4) is 0 Å². The molecule has 0 aromatic carbocycles. The number of imide groups is 2. The Kier molecular flexibility index (Phi) is 5.18. The van der Waals surface area contributed by atoms with Crippen molar-refractivity contribution in [2.24, 2.45) is 0 Å². The smallest absolute Gasteiger partial charge is 0.255 e. The molecule has 4 amide bonds. The number of hydrogen-bond acceptors (Lipinski definition) is 6. The molecule has 0 atom stereocenters. The molecule has 0 radical (unpaired) electrons. The average Bonchev–Trinajstić information content (AvgIpc) is 2.99. The first-order valence-electron chi connectivity index (χ1n) is 6.82. The third-order valence-electron chi connectivity index (χ3n) is 3.13. The molecule has 2 aliphatic heterocycles. The fourth-order valence-electron chi connectivity index (χ4n) is 2.13. The van der Waals surface area contributed by atoms with E-state index in [1.165, 1.54) is 0 Å². The molecule has 118 valence electrons. The van der Waals surface area contributed by atoms with E-state index in [0.29, 0.717) is 13.2 Å². The number of nitrogens with zero attached hydrogens (tertiary/aromatic N) is 2. The molecular weight excluding hydrogens is 292 g/mol. The van der Waals surface area contributed by atoms with Crippen LogP contribution in [0.1, 0.15) is 6.92 Å². The van der Waals surface area contributed by atoms with E-state index < -0.39 is 29.8 Å². The van der Waals surface area contributed by atoms with Gasteiger partial charge in [-0.15, -0.1) is 0 Å². The van der Waals surface area contributed by atoms with E-state index in [4.69, 9.17) is 9.47 Å². The first kappa shape index (κ1) is 16.1. The minimum absolute atomic E-state index is 0.161. The zero-order chi connectivity index (χ0) is 16.1. The summed E-state index contributed by atoms with van der Waals surface area (Å²) in [7, 11) is 0. The van der Waals surface area contributed by atoms with Gasteiger partial charge in [0.1, 0.15) is 6.17 Å². The topological polar surface area (TPSA) is 93.2 Å². The van der Waals surface area contributed by atoms with Crippen molar-refractivity contribution in [3.8, 4) is 0 Å². The van der Waals surface area contributed by atoms with Gasteiger partial charge in [0.05, 0.1) is 19.8 Å². The molecule has 0 spiro atoms. The van der Waals surface area contributed by atoms with Crippen LogP contribution in [0.25, 0.3) is 0 Å². The van der Waals surface area contributed by atoms with Crippen LogP contribution in [-0.4, -0.2) is 66.0 Å². The van der Waals surface area contributed by atoms with Crippen LogP contribution in [-0.2, 0) is 28.7 Å². The predicted octanol–water partition coefficient (Wildman–Crippen LogP) is -0.784. The summed E-state index contributed by atoms with van der Waals surface area (Å²) in [6, 6.07) is 0. The normalized spacial score (nSPS) is 17.7. The highest BCUT2D eigenvalue weighted by atomic mass is 16.5. The second kappa shape index (κ2) is 7.10. The maximum atomic E-state index is 11.8. The van der Waals surface area contributed by atoms with Gasteiger partial charge in [-0.2, -0.15) is 0 Å². The Hall–Kier alpha value is -2.32. The SMILES string of the molecule is CCOCCOCC(N1C(=O)C=CC1=O)N1C(=O)C=CC1=O. The van der Waals surface area contributed by atoms with Crippen LogP contribution < -0.4 is 0 Å². The number of amides is 4. The van der Waals surface area contributed by atoms with Crippen LogP contribution in [0.15, 0.2) is 24.3 Å². The summed E-state index contributed by atoms with van der Waals surface area (Å²) in [5, 5.41) is 0. The molecule has 2 heterocycles. The molecule has 0 N–H and O–H groups in total. The summed E-state index contributed by atoms with van der Waals surface area (Å²) in [6.45, 7) is 2.77. The van der Waals surface area contributed by atoms with Crippen LogP contribution in [0.5, 0.6) is 0 Å². The van der Waals surface area contributed by atoms with Gasteiger partial charge in [0.2, 0.25) is 0 Å². The standard InChI is InChI=1S/C14H16N2O6/c1-2-21-7-8-22-9-10(15-11(17)3-4-12(15)18)16-13(19)5-6-14(16)20/h3-6,10H,2,7-9H2,1H3. The van der Waals surface area contributed by atoms with Gasteiger partial charge in [-0.05, 0) is 6.92 Å². The van der Waals surface area contributed by atoms with Gasteiger partial charge in [0, 0.05) is 30.9 Å². The van der Waals surface area contributed by atoms with Gasteiger partial charge in [-0.1, -0.05) is 0 Å². The van der Waals surface area contributed by atoms with E-state index in [0.717, 1.165) is 34.1 Å². The van der Waals surface area contributed by atoms with E-state index in [2.05, 4.69) is 0 Å². The molecule has 0 fully saturated rings. The van der Waals surface area contributed by atoms with Crippen molar-refractivity contribution < 1.29 is 28.7 Å². The third-order valence-corrected chi connectivity index (χ3v) is 3.13. The largest absolute Gasteiger partial charge is 0.379 e. The lowest BCUT2D eigenvalue weighted by Crippen LogP contribution is -2.55. The number of hydrogen-bond donors (Lipinski definition) is 0. The Bertz CT molecular complexity index is 476. The Morgan fingerprint density at radius 3 is 1.64 bits per heavy atom. The van der Waals surface area contributed by atoms with Gasteiger partial charge >= 0.3 is 0 Å². The molecule has 0 saturated heterocycles. The minimum atomic E-state index is -1.10. The fraction of sp³-hybridized carbons (Fsp3) is 0.429. The van der Waals surface area contributed by atoms with Gasteiger partial charge in [-0.25, -0.2) is 0 Å². The maximum absolute atomic E-state index is 11.8. The second-order valence-electron chi connectivity index (χ2n) is 4.51. The molecular formula is C14H16N2O6. The van der Waals surface area contributed by atoms with E-state index >= 15 is 0 Å². The summed E-state index contributed by atoms with van der Waals surface area (Å²) in [5.74, 6) is -2.35. The molecule has 2 aliphatic rings. The quantitative estimate of drug-likeness (QED) is 0.431. The van der Waals surface area contributed by atoms with Crippen molar-refractivity contribution in [1.29, 1.82) is 0 Å². The van der Waals surface area contributed by atoms with Gasteiger partial charge in [0.25, 0.3) is 23.6 Å². The van der Waals surface area contributed by atoms with Crippen LogP contribution in [0.2, 0.25) is 0 Å². The lowest BCUT2D eigenvalue weighted by Gasteiger charge is -2.32. The first-order valence-corrected chi connectivity index (χ1v) is 6.82. The highest BCUT2D eigenvalue weighted by molar-refractivity contribution is 6.16.